The molecule has 1 atom stereocenters. The van der Waals surface area contributed by atoms with Gasteiger partial charge in [-0.05, 0) is 19.1 Å². The highest BCUT2D eigenvalue weighted by molar-refractivity contribution is 7.88. The molecule has 16 heavy (non-hydrogen) atoms. The largest absolute Gasteiger partial charge is 0.488 e. The number of hydrogen-bond acceptors (Lipinski definition) is 3. The van der Waals surface area contributed by atoms with E-state index in [0.717, 1.165) is 6.26 Å². The summed E-state index contributed by atoms with van der Waals surface area (Å²) in [4.78, 5) is 0. The van der Waals surface area contributed by atoms with Crippen LogP contribution >= 0.6 is 11.6 Å². The van der Waals surface area contributed by atoms with Gasteiger partial charge in [0.15, 0.2) is 0 Å². The molecular weight excluding hydrogens is 250 g/mol. The molecule has 4 nitrogen and oxygen atoms in total. The summed E-state index contributed by atoms with van der Waals surface area (Å²) in [7, 11) is -3.18. The maximum atomic E-state index is 10.9. The van der Waals surface area contributed by atoms with E-state index < -0.39 is 10.0 Å². The van der Waals surface area contributed by atoms with Crippen molar-refractivity contribution in [1.29, 1.82) is 0 Å². The molecule has 0 aliphatic carbocycles. The Kier molecular flexibility index (Phi) is 4.58. The fourth-order valence-electron chi connectivity index (χ4n) is 1.07. The third-order valence-corrected chi connectivity index (χ3v) is 2.80. The van der Waals surface area contributed by atoms with Gasteiger partial charge < -0.3 is 4.74 Å². The minimum absolute atomic E-state index is 0.212. The second-order valence-electron chi connectivity index (χ2n) is 3.48. The summed E-state index contributed by atoms with van der Waals surface area (Å²) in [6.45, 7) is 1.98. The minimum atomic E-state index is -3.18. The fraction of sp³-hybridized carbons (Fsp3) is 0.400. The molecule has 0 fully saturated rings. The standard InChI is InChI=1S/C10H14ClNO3S/c1-8(7-12-16(2,13)14)15-10-6-4-3-5-9(10)11/h3-6,8,12H,7H2,1-2H3. The summed E-state index contributed by atoms with van der Waals surface area (Å²) in [6, 6.07) is 7.05. The lowest BCUT2D eigenvalue weighted by atomic mass is 10.3. The van der Waals surface area contributed by atoms with Gasteiger partial charge in [0.25, 0.3) is 0 Å². The Bertz CT molecular complexity index is 447. The van der Waals surface area contributed by atoms with Crippen LogP contribution in [-0.2, 0) is 10.0 Å². The first-order chi connectivity index (χ1) is 7.38. The Morgan fingerprint density at radius 3 is 2.62 bits per heavy atom. The highest BCUT2D eigenvalue weighted by Crippen LogP contribution is 2.23. The van der Waals surface area contributed by atoms with E-state index in [1.807, 2.05) is 0 Å². The lowest BCUT2D eigenvalue weighted by Gasteiger charge is -2.15. The van der Waals surface area contributed by atoms with Gasteiger partial charge >= 0.3 is 0 Å². The number of sulfonamides is 1. The Hall–Kier alpha value is -0.780. The smallest absolute Gasteiger partial charge is 0.208 e. The van der Waals surface area contributed by atoms with Gasteiger partial charge in [-0.15, -0.1) is 0 Å². The van der Waals surface area contributed by atoms with Crippen LogP contribution in [0.25, 0.3) is 0 Å². The monoisotopic (exact) mass is 263 g/mol. The van der Waals surface area contributed by atoms with Crippen molar-refractivity contribution in [3.63, 3.8) is 0 Å². The molecule has 1 rings (SSSR count). The summed E-state index contributed by atoms with van der Waals surface area (Å²) < 4.78 is 29.6. The molecule has 90 valence electrons. The van der Waals surface area contributed by atoms with Crippen LogP contribution in [0.3, 0.4) is 0 Å². The van der Waals surface area contributed by atoms with Crippen molar-refractivity contribution in [2.24, 2.45) is 0 Å². The summed E-state index contributed by atoms with van der Waals surface area (Å²) >= 11 is 5.89. The molecule has 1 aromatic carbocycles. The van der Waals surface area contributed by atoms with Crippen molar-refractivity contribution in [2.45, 2.75) is 13.0 Å². The van der Waals surface area contributed by atoms with Gasteiger partial charge in [-0.1, -0.05) is 23.7 Å². The molecule has 0 aliphatic rings. The second-order valence-corrected chi connectivity index (χ2v) is 5.72. The topological polar surface area (TPSA) is 55.4 Å². The summed E-state index contributed by atoms with van der Waals surface area (Å²) in [5.74, 6) is 0.548. The predicted octanol–water partition coefficient (Wildman–Crippen LogP) is 1.66. The Morgan fingerprint density at radius 1 is 1.44 bits per heavy atom. The highest BCUT2D eigenvalue weighted by Gasteiger charge is 2.09. The van der Waals surface area contributed by atoms with Gasteiger partial charge in [-0.25, -0.2) is 13.1 Å². The number of ether oxygens (including phenoxy) is 1. The van der Waals surface area contributed by atoms with Gasteiger partial charge in [-0.3, -0.25) is 0 Å². The first-order valence-corrected chi connectivity index (χ1v) is 7.01. The van der Waals surface area contributed by atoms with Gasteiger partial charge in [0.05, 0.1) is 11.3 Å². The summed E-state index contributed by atoms with van der Waals surface area (Å²) in [6.07, 6.45) is 0.824. The molecule has 0 saturated heterocycles. The van der Waals surface area contributed by atoms with E-state index >= 15 is 0 Å². The zero-order valence-electron chi connectivity index (χ0n) is 9.10. The van der Waals surface area contributed by atoms with E-state index in [1.54, 1.807) is 31.2 Å². The molecule has 1 N–H and O–H groups in total. The van der Waals surface area contributed by atoms with Crippen molar-refractivity contribution in [2.75, 3.05) is 12.8 Å². The molecule has 0 aromatic heterocycles. The van der Waals surface area contributed by atoms with Crippen LogP contribution in [0.1, 0.15) is 6.92 Å². The number of nitrogens with one attached hydrogen (secondary N) is 1. The van der Waals surface area contributed by atoms with Gasteiger partial charge in [0.1, 0.15) is 11.9 Å². The van der Waals surface area contributed by atoms with Crippen LogP contribution in [0.2, 0.25) is 5.02 Å². The lowest BCUT2D eigenvalue weighted by molar-refractivity contribution is 0.225. The van der Waals surface area contributed by atoms with E-state index in [9.17, 15) is 8.42 Å². The Morgan fingerprint density at radius 2 is 2.06 bits per heavy atom. The van der Waals surface area contributed by atoms with Crippen LogP contribution < -0.4 is 9.46 Å². The molecule has 1 aromatic rings. The van der Waals surface area contributed by atoms with Crippen LogP contribution in [-0.4, -0.2) is 27.3 Å². The predicted molar refractivity (Wildman–Crippen MR) is 64.4 cm³/mol. The first-order valence-electron chi connectivity index (χ1n) is 4.74. The van der Waals surface area contributed by atoms with Crippen LogP contribution in [0, 0.1) is 0 Å². The maximum Gasteiger partial charge on any atom is 0.208 e. The first kappa shape index (κ1) is 13.3. The normalized spacial score (nSPS) is 13.4. The van der Waals surface area contributed by atoms with Crippen molar-refractivity contribution >= 4 is 21.6 Å². The third-order valence-electron chi connectivity index (χ3n) is 1.80. The van der Waals surface area contributed by atoms with Gasteiger partial charge in [-0.2, -0.15) is 0 Å². The van der Waals surface area contributed by atoms with Crippen LogP contribution in [0.5, 0.6) is 5.75 Å². The zero-order valence-corrected chi connectivity index (χ0v) is 10.7. The zero-order chi connectivity index (χ0) is 12.2. The van der Waals surface area contributed by atoms with E-state index in [-0.39, 0.29) is 12.6 Å². The van der Waals surface area contributed by atoms with E-state index in [2.05, 4.69) is 4.72 Å². The van der Waals surface area contributed by atoms with Gasteiger partial charge in [0.2, 0.25) is 10.0 Å². The average molecular weight is 264 g/mol. The number of benzene rings is 1. The third kappa shape index (κ3) is 4.83. The Balaban J connectivity index is 2.52. The second kappa shape index (κ2) is 5.52. The molecule has 0 heterocycles. The molecule has 0 bridgehead atoms. The molecular formula is C10H14ClNO3S. The minimum Gasteiger partial charge on any atom is -0.488 e. The van der Waals surface area contributed by atoms with Gasteiger partial charge in [0, 0.05) is 6.54 Å². The SMILES string of the molecule is CC(CNS(C)(=O)=O)Oc1ccccc1Cl. The summed E-state index contributed by atoms with van der Waals surface area (Å²) in [5, 5.41) is 0.508. The molecule has 0 saturated carbocycles. The van der Waals surface area contributed by atoms with E-state index in [4.69, 9.17) is 16.3 Å². The molecule has 1 unspecified atom stereocenters. The molecule has 0 radical (unpaired) electrons. The van der Waals surface area contributed by atoms with E-state index in [0.29, 0.717) is 10.8 Å². The van der Waals surface area contributed by atoms with Crippen LogP contribution in [0.4, 0.5) is 0 Å². The van der Waals surface area contributed by atoms with E-state index in [1.165, 1.54) is 0 Å². The number of para-hydroxylation sites is 1. The molecule has 0 amide bonds. The van der Waals surface area contributed by atoms with Crippen molar-refractivity contribution in [1.82, 2.24) is 4.72 Å². The average Bonchev–Trinajstić information content (AvgIpc) is 2.18. The Labute approximate surface area is 101 Å². The highest BCUT2D eigenvalue weighted by atomic mass is 35.5. The van der Waals surface area contributed by atoms with Crippen molar-refractivity contribution < 1.29 is 13.2 Å². The number of halogens is 1. The quantitative estimate of drug-likeness (QED) is 0.879. The van der Waals surface area contributed by atoms with Crippen molar-refractivity contribution in [3.05, 3.63) is 29.3 Å². The lowest BCUT2D eigenvalue weighted by Crippen LogP contribution is -2.32. The van der Waals surface area contributed by atoms with Crippen LogP contribution in [0.15, 0.2) is 24.3 Å². The van der Waals surface area contributed by atoms with Crippen molar-refractivity contribution in [3.8, 4) is 5.75 Å². The molecule has 0 spiro atoms. The fourth-order valence-corrected chi connectivity index (χ4v) is 1.79. The summed E-state index contributed by atoms with van der Waals surface area (Å²) in [5.41, 5.74) is 0. The number of rotatable bonds is 5. The maximum absolute atomic E-state index is 10.9. The molecule has 6 heteroatoms. The molecule has 0 aliphatic heterocycles. The number of hydrogen-bond donors (Lipinski definition) is 1.